The molecule has 3 rings (SSSR count). The number of ether oxygens (including phenoxy) is 1. The smallest absolute Gasteiger partial charge is 0.340 e. The third-order valence-corrected chi connectivity index (χ3v) is 6.32. The van der Waals surface area contributed by atoms with Crippen LogP contribution in [0.15, 0.2) is 70.2 Å². The van der Waals surface area contributed by atoms with Crippen LogP contribution in [-0.2, 0) is 32.7 Å². The average Bonchev–Trinajstić information content (AvgIpc) is 3.20. The van der Waals surface area contributed by atoms with Crippen molar-refractivity contribution in [2.24, 2.45) is 0 Å². The zero-order chi connectivity index (χ0) is 22.4. The molecule has 0 fully saturated rings. The highest BCUT2D eigenvalue weighted by Gasteiger charge is 2.23. The van der Waals surface area contributed by atoms with Gasteiger partial charge in [0, 0.05) is 13.7 Å². The number of halogens is 1. The Morgan fingerprint density at radius 2 is 1.87 bits per heavy atom. The van der Waals surface area contributed by atoms with Crippen LogP contribution in [0.3, 0.4) is 0 Å². The van der Waals surface area contributed by atoms with E-state index in [2.05, 4.69) is 0 Å². The van der Waals surface area contributed by atoms with Crippen molar-refractivity contribution >= 4 is 27.6 Å². The highest BCUT2D eigenvalue weighted by molar-refractivity contribution is 7.87. The van der Waals surface area contributed by atoms with Gasteiger partial charge in [-0.2, -0.15) is 8.42 Å². The van der Waals surface area contributed by atoms with E-state index in [0.29, 0.717) is 16.9 Å². The molecule has 1 aromatic heterocycles. The van der Waals surface area contributed by atoms with Crippen molar-refractivity contribution in [1.82, 2.24) is 4.90 Å². The maximum atomic E-state index is 12.8. The van der Waals surface area contributed by atoms with Crippen molar-refractivity contribution in [3.8, 4) is 5.75 Å². The summed E-state index contributed by atoms with van der Waals surface area (Å²) in [4.78, 5) is 13.9. The summed E-state index contributed by atoms with van der Waals surface area (Å²) in [6.45, 7) is 2.02. The first-order valence-electron chi connectivity index (χ1n) is 9.38. The van der Waals surface area contributed by atoms with Gasteiger partial charge in [0.15, 0.2) is 0 Å². The number of aryl methyl sites for hydroxylation is 1. The summed E-state index contributed by atoms with van der Waals surface area (Å²) in [5.74, 6) is 0.507. The number of carbonyl (C=O) groups excluding carboxylic acids is 1. The first-order chi connectivity index (χ1) is 14.8. The molecular weight excluding hydrogens is 442 g/mol. The Balaban J connectivity index is 1.82. The van der Waals surface area contributed by atoms with Crippen molar-refractivity contribution in [2.75, 3.05) is 13.7 Å². The second-order valence-electron chi connectivity index (χ2n) is 6.83. The molecule has 2 aromatic carbocycles. The molecule has 0 aliphatic heterocycles. The van der Waals surface area contributed by atoms with E-state index in [1.54, 1.807) is 54.3 Å². The van der Waals surface area contributed by atoms with Crippen LogP contribution in [0.2, 0.25) is 5.02 Å². The van der Waals surface area contributed by atoms with Crippen LogP contribution < -0.4 is 4.18 Å². The Morgan fingerprint density at radius 3 is 2.55 bits per heavy atom. The van der Waals surface area contributed by atoms with Gasteiger partial charge in [-0.25, -0.2) is 0 Å². The molecule has 164 valence electrons. The lowest BCUT2D eigenvalue weighted by Gasteiger charge is -2.22. The van der Waals surface area contributed by atoms with Crippen LogP contribution in [0.1, 0.15) is 16.9 Å². The largest absolute Gasteiger partial charge is 0.467 e. The van der Waals surface area contributed by atoms with Gasteiger partial charge in [0.25, 0.3) is 0 Å². The van der Waals surface area contributed by atoms with E-state index in [1.807, 2.05) is 0 Å². The Bertz CT molecular complexity index is 1120. The normalized spacial score (nSPS) is 11.3. The highest BCUT2D eigenvalue weighted by atomic mass is 35.5. The average molecular weight is 464 g/mol. The monoisotopic (exact) mass is 463 g/mol. The van der Waals surface area contributed by atoms with E-state index in [4.69, 9.17) is 24.9 Å². The minimum Gasteiger partial charge on any atom is -0.467 e. The van der Waals surface area contributed by atoms with E-state index in [9.17, 15) is 13.2 Å². The van der Waals surface area contributed by atoms with E-state index in [0.717, 1.165) is 0 Å². The molecule has 1 amide bonds. The van der Waals surface area contributed by atoms with Crippen molar-refractivity contribution in [3.63, 3.8) is 0 Å². The summed E-state index contributed by atoms with van der Waals surface area (Å²) in [6, 6.07) is 14.8. The standard InChI is InChI=1S/C22H22ClNO6S/c1-16-6-3-10-20(23)22(16)31(26,27)30-18-8-4-7-17(12-18)13-24(21(25)15-28-2)14-19-9-5-11-29-19/h3-12H,13-15H2,1-2H3. The number of amides is 1. The molecule has 0 bridgehead atoms. The number of hydrogen-bond acceptors (Lipinski definition) is 6. The molecule has 0 atom stereocenters. The highest BCUT2D eigenvalue weighted by Crippen LogP contribution is 2.28. The van der Waals surface area contributed by atoms with Gasteiger partial charge in [-0.05, 0) is 48.4 Å². The van der Waals surface area contributed by atoms with Crippen molar-refractivity contribution < 1.29 is 26.5 Å². The van der Waals surface area contributed by atoms with E-state index < -0.39 is 10.1 Å². The maximum Gasteiger partial charge on any atom is 0.340 e. The molecule has 31 heavy (non-hydrogen) atoms. The first-order valence-corrected chi connectivity index (χ1v) is 11.2. The molecule has 0 radical (unpaired) electrons. The van der Waals surface area contributed by atoms with E-state index in [-0.39, 0.29) is 41.3 Å². The SMILES string of the molecule is COCC(=O)N(Cc1cccc(OS(=O)(=O)c2c(C)cccc2Cl)c1)Cc1ccco1. The minimum atomic E-state index is -4.13. The molecule has 7 nitrogen and oxygen atoms in total. The second-order valence-corrected chi connectivity index (χ2v) is 8.72. The van der Waals surface area contributed by atoms with Crippen LogP contribution >= 0.6 is 11.6 Å². The fraction of sp³-hybridized carbons (Fsp3) is 0.227. The predicted molar refractivity (Wildman–Crippen MR) is 115 cm³/mol. The van der Waals surface area contributed by atoms with Crippen LogP contribution in [0.4, 0.5) is 0 Å². The van der Waals surface area contributed by atoms with E-state index in [1.165, 1.54) is 25.5 Å². The van der Waals surface area contributed by atoms with Gasteiger partial charge in [0.05, 0.1) is 17.8 Å². The Morgan fingerprint density at radius 1 is 1.10 bits per heavy atom. The van der Waals surface area contributed by atoms with Crippen LogP contribution in [0, 0.1) is 6.92 Å². The molecule has 1 heterocycles. The molecule has 0 aliphatic carbocycles. The van der Waals surface area contributed by atoms with Gasteiger partial charge >= 0.3 is 10.1 Å². The zero-order valence-electron chi connectivity index (χ0n) is 17.1. The zero-order valence-corrected chi connectivity index (χ0v) is 18.7. The van der Waals surface area contributed by atoms with Gasteiger partial charge in [-0.1, -0.05) is 35.9 Å². The quantitative estimate of drug-likeness (QED) is 0.442. The van der Waals surface area contributed by atoms with Gasteiger partial charge in [0.2, 0.25) is 5.91 Å². The van der Waals surface area contributed by atoms with Gasteiger partial charge in [0.1, 0.15) is 23.0 Å². The molecule has 3 aromatic rings. The number of benzene rings is 2. The molecule has 0 spiro atoms. The Kier molecular flexibility index (Phi) is 7.37. The molecule has 0 saturated heterocycles. The molecule has 0 aliphatic rings. The van der Waals surface area contributed by atoms with Crippen molar-refractivity contribution in [2.45, 2.75) is 24.9 Å². The lowest BCUT2D eigenvalue weighted by Crippen LogP contribution is -2.32. The minimum absolute atomic E-state index is 0.0724. The second kappa shape index (κ2) is 10.00. The summed E-state index contributed by atoms with van der Waals surface area (Å²) in [7, 11) is -2.69. The third kappa shape index (κ3) is 5.88. The van der Waals surface area contributed by atoms with Gasteiger partial charge < -0.3 is 18.2 Å². The number of methoxy groups -OCH3 is 1. The van der Waals surface area contributed by atoms with Crippen LogP contribution in [0.5, 0.6) is 5.75 Å². The fourth-order valence-electron chi connectivity index (χ4n) is 3.06. The number of nitrogens with zero attached hydrogens (tertiary/aromatic N) is 1. The van der Waals surface area contributed by atoms with E-state index >= 15 is 0 Å². The fourth-order valence-corrected chi connectivity index (χ4v) is 4.77. The first kappa shape index (κ1) is 22.9. The van der Waals surface area contributed by atoms with Crippen molar-refractivity contribution in [1.29, 1.82) is 0 Å². The summed E-state index contributed by atoms with van der Waals surface area (Å²) >= 11 is 6.09. The van der Waals surface area contributed by atoms with Crippen LogP contribution in [0.25, 0.3) is 0 Å². The molecule has 0 unspecified atom stereocenters. The summed E-state index contributed by atoms with van der Waals surface area (Å²) < 4.78 is 41.2. The molecule has 9 heteroatoms. The molecule has 0 saturated carbocycles. The summed E-state index contributed by atoms with van der Waals surface area (Å²) in [5.41, 5.74) is 1.16. The predicted octanol–water partition coefficient (Wildman–Crippen LogP) is 4.18. The topological polar surface area (TPSA) is 86.0 Å². The third-order valence-electron chi connectivity index (χ3n) is 4.44. The lowest BCUT2D eigenvalue weighted by molar-refractivity contribution is -0.136. The maximum absolute atomic E-state index is 12.8. The molecule has 0 N–H and O–H groups in total. The van der Waals surface area contributed by atoms with Crippen LogP contribution in [-0.4, -0.2) is 32.9 Å². The Labute approximate surface area is 186 Å². The summed E-state index contributed by atoms with van der Waals surface area (Å²) in [5, 5.41) is 0.0888. The lowest BCUT2D eigenvalue weighted by atomic mass is 10.2. The Hall–Kier alpha value is -2.81. The number of rotatable bonds is 9. The van der Waals surface area contributed by atoms with Crippen molar-refractivity contribution in [3.05, 3.63) is 82.8 Å². The van der Waals surface area contributed by atoms with Gasteiger partial charge in [-0.15, -0.1) is 0 Å². The number of carbonyl (C=O) groups is 1. The number of hydrogen-bond donors (Lipinski definition) is 0. The molecular formula is C22H22ClNO6S. The summed E-state index contributed by atoms with van der Waals surface area (Å²) in [6.07, 6.45) is 1.53. The number of furan rings is 1. The van der Waals surface area contributed by atoms with Gasteiger partial charge in [-0.3, -0.25) is 4.79 Å².